The summed E-state index contributed by atoms with van der Waals surface area (Å²) in [5, 5.41) is 9.16. The van der Waals surface area contributed by atoms with Crippen molar-refractivity contribution in [3.63, 3.8) is 0 Å². The van der Waals surface area contributed by atoms with E-state index in [4.69, 9.17) is 15.6 Å². The number of carbonyl (C=O) groups excluding carboxylic acids is 2. The zero-order valence-electron chi connectivity index (χ0n) is 18.1. The molecule has 0 fully saturated rings. The highest BCUT2D eigenvalue weighted by atomic mass is 16.5. The molecule has 32 heavy (non-hydrogen) atoms. The summed E-state index contributed by atoms with van der Waals surface area (Å²) in [6.45, 7) is 3.49. The highest BCUT2D eigenvalue weighted by molar-refractivity contribution is 6.05. The van der Waals surface area contributed by atoms with E-state index in [1.807, 2.05) is 43.3 Å². The molecule has 3 N–H and O–H groups in total. The normalized spacial score (nSPS) is 14.6. The summed E-state index contributed by atoms with van der Waals surface area (Å²) in [6.07, 6.45) is 3.52. The molecule has 0 saturated carbocycles. The average Bonchev–Trinajstić information content (AvgIpc) is 3.07. The molecule has 0 bridgehead atoms. The van der Waals surface area contributed by atoms with Crippen LogP contribution in [0.3, 0.4) is 0 Å². The Labute approximate surface area is 187 Å². The minimum Gasteiger partial charge on any atom is -0.457 e. The molecule has 166 valence electrons. The lowest BCUT2D eigenvalue weighted by Gasteiger charge is -2.23. The number of aliphatic hydroxyl groups excluding tert-OH is 1. The quantitative estimate of drug-likeness (QED) is 0.651. The summed E-state index contributed by atoms with van der Waals surface area (Å²) in [6, 6.07) is 11.5. The Hall–Kier alpha value is -3.45. The second-order valence-electron chi connectivity index (χ2n) is 8.04. The highest BCUT2D eigenvalue weighted by Gasteiger charge is 2.23. The molecule has 2 aliphatic heterocycles. The number of hydrogen-bond donors (Lipinski definition) is 2. The number of ether oxygens (including phenoxy) is 1. The van der Waals surface area contributed by atoms with E-state index in [-0.39, 0.29) is 31.5 Å². The van der Waals surface area contributed by atoms with Gasteiger partial charge in [0.15, 0.2) is 0 Å². The number of rotatable bonds is 7. The standard InChI is InChI=1S/C25H27N3O4/c1-2-8-28(9-3-10-29)24(30)19-12-18-5-4-17(13-22(18)27-23(26)14-19)16-6-7-21-20(11-16)15-32-25(21)31/h4-7,11-13,29H,2-3,8-10,14-15H2,1H3,(H2,26,27). The second kappa shape index (κ2) is 9.36. The van der Waals surface area contributed by atoms with E-state index in [9.17, 15) is 9.59 Å². The van der Waals surface area contributed by atoms with Crippen molar-refractivity contribution >= 4 is 29.5 Å². The van der Waals surface area contributed by atoms with Crippen LogP contribution < -0.4 is 5.73 Å². The number of amidine groups is 1. The molecule has 1 amide bonds. The Kier molecular flexibility index (Phi) is 6.37. The topological polar surface area (TPSA) is 105 Å². The third-order valence-electron chi connectivity index (χ3n) is 5.65. The van der Waals surface area contributed by atoms with Gasteiger partial charge in [-0.1, -0.05) is 25.1 Å². The van der Waals surface area contributed by atoms with Crippen molar-refractivity contribution in [3.8, 4) is 11.1 Å². The van der Waals surface area contributed by atoms with Crippen molar-refractivity contribution in [1.29, 1.82) is 0 Å². The Morgan fingerprint density at radius 3 is 2.75 bits per heavy atom. The van der Waals surface area contributed by atoms with E-state index in [0.29, 0.717) is 42.2 Å². The monoisotopic (exact) mass is 433 g/mol. The SMILES string of the molecule is CCCN(CCCO)C(=O)C1=Cc2ccc(-c3ccc4c(c3)COC4=O)cc2N=C(N)C1. The minimum absolute atomic E-state index is 0.0464. The molecule has 2 heterocycles. The lowest BCUT2D eigenvalue weighted by molar-refractivity contribution is -0.127. The van der Waals surface area contributed by atoms with Gasteiger partial charge in [-0.15, -0.1) is 0 Å². The molecule has 0 atom stereocenters. The summed E-state index contributed by atoms with van der Waals surface area (Å²) in [4.78, 5) is 31.2. The fourth-order valence-corrected chi connectivity index (χ4v) is 4.07. The van der Waals surface area contributed by atoms with Gasteiger partial charge in [0.05, 0.1) is 11.3 Å². The van der Waals surface area contributed by atoms with Crippen molar-refractivity contribution in [3.05, 3.63) is 58.7 Å². The molecule has 2 aliphatic rings. The fourth-order valence-electron chi connectivity index (χ4n) is 4.07. The number of carbonyl (C=O) groups is 2. The minimum atomic E-state index is -0.288. The third-order valence-corrected chi connectivity index (χ3v) is 5.65. The highest BCUT2D eigenvalue weighted by Crippen LogP contribution is 2.33. The van der Waals surface area contributed by atoms with E-state index in [0.717, 1.165) is 28.7 Å². The summed E-state index contributed by atoms with van der Waals surface area (Å²) in [7, 11) is 0. The zero-order valence-corrected chi connectivity index (χ0v) is 18.1. The van der Waals surface area contributed by atoms with Gasteiger partial charge >= 0.3 is 5.97 Å². The van der Waals surface area contributed by atoms with Crippen LogP contribution in [0.5, 0.6) is 0 Å². The van der Waals surface area contributed by atoms with Crippen molar-refractivity contribution in [2.24, 2.45) is 10.7 Å². The Morgan fingerprint density at radius 1 is 1.19 bits per heavy atom. The van der Waals surface area contributed by atoms with E-state index in [2.05, 4.69) is 4.99 Å². The van der Waals surface area contributed by atoms with Crippen LogP contribution in [0.2, 0.25) is 0 Å². The van der Waals surface area contributed by atoms with Crippen LogP contribution >= 0.6 is 0 Å². The first-order valence-corrected chi connectivity index (χ1v) is 10.9. The molecule has 0 aliphatic carbocycles. The van der Waals surface area contributed by atoms with Gasteiger partial charge in [0.25, 0.3) is 0 Å². The number of fused-ring (bicyclic) bond motifs is 2. The van der Waals surface area contributed by atoms with Crippen LogP contribution in [0.4, 0.5) is 5.69 Å². The number of cyclic esters (lactones) is 1. The van der Waals surface area contributed by atoms with Gasteiger partial charge in [-0.05, 0) is 48.2 Å². The van der Waals surface area contributed by atoms with Gasteiger partial charge in [0.2, 0.25) is 5.91 Å². The van der Waals surface area contributed by atoms with Crippen LogP contribution in [0.25, 0.3) is 17.2 Å². The zero-order chi connectivity index (χ0) is 22.7. The smallest absolute Gasteiger partial charge is 0.338 e. The molecule has 7 heteroatoms. The second-order valence-corrected chi connectivity index (χ2v) is 8.04. The maximum absolute atomic E-state index is 13.2. The molecular formula is C25H27N3O4. The molecule has 2 aromatic rings. The number of nitrogens with two attached hydrogens (primary N) is 1. The molecular weight excluding hydrogens is 406 g/mol. The summed E-state index contributed by atoms with van der Waals surface area (Å²) in [5.41, 5.74) is 11.7. The Morgan fingerprint density at radius 2 is 1.97 bits per heavy atom. The van der Waals surface area contributed by atoms with Crippen molar-refractivity contribution in [2.45, 2.75) is 32.8 Å². The third kappa shape index (κ3) is 4.43. The van der Waals surface area contributed by atoms with Crippen molar-refractivity contribution in [2.75, 3.05) is 19.7 Å². The lowest BCUT2D eigenvalue weighted by atomic mass is 9.98. The predicted molar refractivity (Wildman–Crippen MR) is 123 cm³/mol. The van der Waals surface area contributed by atoms with Crippen molar-refractivity contribution in [1.82, 2.24) is 4.90 Å². The van der Waals surface area contributed by atoms with Gasteiger partial charge < -0.3 is 20.5 Å². The maximum atomic E-state index is 13.2. The molecule has 0 saturated heterocycles. The maximum Gasteiger partial charge on any atom is 0.338 e. The molecule has 2 aromatic carbocycles. The predicted octanol–water partition coefficient (Wildman–Crippen LogP) is 3.42. The summed E-state index contributed by atoms with van der Waals surface area (Å²) < 4.78 is 5.10. The number of aliphatic hydroxyl groups is 1. The van der Waals surface area contributed by atoms with E-state index < -0.39 is 0 Å². The van der Waals surface area contributed by atoms with Crippen LogP contribution in [0, 0.1) is 0 Å². The molecule has 7 nitrogen and oxygen atoms in total. The molecule has 0 spiro atoms. The molecule has 0 aromatic heterocycles. The first-order chi connectivity index (χ1) is 15.5. The number of amides is 1. The van der Waals surface area contributed by atoms with E-state index in [1.165, 1.54) is 0 Å². The Bertz CT molecular complexity index is 1120. The number of aliphatic imine (C=N–C) groups is 1. The first-order valence-electron chi connectivity index (χ1n) is 10.9. The van der Waals surface area contributed by atoms with E-state index >= 15 is 0 Å². The van der Waals surface area contributed by atoms with Gasteiger partial charge in [0.1, 0.15) is 12.4 Å². The van der Waals surface area contributed by atoms with Crippen LogP contribution in [0.1, 0.15) is 47.7 Å². The average molecular weight is 434 g/mol. The van der Waals surface area contributed by atoms with Crippen LogP contribution in [0.15, 0.2) is 47.0 Å². The fraction of sp³-hybridized carbons (Fsp3) is 0.320. The molecule has 4 rings (SSSR count). The number of benzene rings is 2. The van der Waals surface area contributed by atoms with Gasteiger partial charge in [-0.3, -0.25) is 4.79 Å². The van der Waals surface area contributed by atoms with Crippen LogP contribution in [-0.2, 0) is 16.1 Å². The number of esters is 1. The van der Waals surface area contributed by atoms with Gasteiger partial charge in [-0.25, -0.2) is 9.79 Å². The first kappa shape index (κ1) is 21.8. The number of hydrogen-bond acceptors (Lipinski definition) is 6. The molecule has 0 radical (unpaired) electrons. The van der Waals surface area contributed by atoms with Gasteiger partial charge in [0, 0.05) is 42.8 Å². The molecule has 0 unspecified atom stereocenters. The largest absolute Gasteiger partial charge is 0.457 e. The van der Waals surface area contributed by atoms with Crippen LogP contribution in [-0.4, -0.2) is 47.4 Å². The number of nitrogens with zero attached hydrogens (tertiary/aromatic N) is 2. The summed E-state index contributed by atoms with van der Waals surface area (Å²) >= 11 is 0. The van der Waals surface area contributed by atoms with Gasteiger partial charge in [-0.2, -0.15) is 0 Å². The van der Waals surface area contributed by atoms with Crippen molar-refractivity contribution < 1.29 is 19.4 Å². The summed E-state index contributed by atoms with van der Waals surface area (Å²) in [5.74, 6) is 0.0232. The van der Waals surface area contributed by atoms with E-state index in [1.54, 1.807) is 11.0 Å². The lowest BCUT2D eigenvalue weighted by Crippen LogP contribution is -2.35. The Balaban J connectivity index is 1.65.